The van der Waals surface area contributed by atoms with E-state index in [4.69, 9.17) is 21.1 Å². The molecule has 0 aliphatic heterocycles. The van der Waals surface area contributed by atoms with Crippen LogP contribution in [0.5, 0.6) is 5.75 Å². The molecule has 1 heterocycles. The standard InChI is InChI=1S/C26H26ClN3O8/c1-14-18-7-6-17(31)11-21(18)38-26(37)19(14)8-9-22(32)30-20(10-15-2-4-16(27)5-3-15)25(36)29-12-23(33)28-13-24(34)35/h2-7,11,20,31H,8-10,12-13H2,1H3,(H,28,33)(H,29,36)(H,30,32)(H,34,35)/t20-/m0/s1. The van der Waals surface area contributed by atoms with Crippen LogP contribution in [0.15, 0.2) is 51.7 Å². The zero-order chi connectivity index (χ0) is 27.8. The van der Waals surface area contributed by atoms with E-state index in [2.05, 4.69) is 16.0 Å². The minimum atomic E-state index is -1.23. The Labute approximate surface area is 221 Å². The third-order valence-corrected chi connectivity index (χ3v) is 5.99. The molecule has 0 unspecified atom stereocenters. The lowest BCUT2D eigenvalue weighted by Crippen LogP contribution is -2.50. The lowest BCUT2D eigenvalue weighted by Gasteiger charge is -2.19. The average Bonchev–Trinajstić information content (AvgIpc) is 2.86. The van der Waals surface area contributed by atoms with E-state index in [0.717, 1.165) is 0 Å². The summed E-state index contributed by atoms with van der Waals surface area (Å²) in [5.41, 5.74) is 1.21. The fourth-order valence-electron chi connectivity index (χ4n) is 3.77. The van der Waals surface area contributed by atoms with Crippen molar-refractivity contribution in [3.8, 4) is 5.75 Å². The van der Waals surface area contributed by atoms with Gasteiger partial charge in [-0.25, -0.2) is 4.79 Å². The summed E-state index contributed by atoms with van der Waals surface area (Å²) in [6.07, 6.45) is 0.00843. The molecule has 3 amide bonds. The third kappa shape index (κ3) is 7.81. The van der Waals surface area contributed by atoms with E-state index in [1.54, 1.807) is 37.3 Å². The van der Waals surface area contributed by atoms with Crippen LogP contribution >= 0.6 is 11.6 Å². The number of rotatable bonds is 11. The maximum absolute atomic E-state index is 12.8. The summed E-state index contributed by atoms with van der Waals surface area (Å²) in [7, 11) is 0. The van der Waals surface area contributed by atoms with Crippen LogP contribution in [-0.4, -0.2) is 53.0 Å². The second-order valence-electron chi connectivity index (χ2n) is 8.51. The SMILES string of the molecule is Cc1c(CCC(=O)N[C@@H](Cc2ccc(Cl)cc2)C(=O)NCC(=O)NCC(=O)O)c(=O)oc2cc(O)ccc12. The number of phenols is 1. The molecule has 2 aromatic carbocycles. The number of carbonyl (C=O) groups is 4. The van der Waals surface area contributed by atoms with Gasteiger partial charge in [-0.2, -0.15) is 0 Å². The number of halogens is 1. The van der Waals surface area contributed by atoms with Crippen molar-refractivity contribution < 1.29 is 33.8 Å². The zero-order valence-corrected chi connectivity index (χ0v) is 21.1. The quantitative estimate of drug-likeness (QED) is 0.226. The number of aryl methyl sites for hydroxylation is 1. The molecule has 0 fully saturated rings. The molecule has 0 spiro atoms. The van der Waals surface area contributed by atoms with Gasteiger partial charge in [-0.1, -0.05) is 23.7 Å². The molecule has 0 saturated heterocycles. The van der Waals surface area contributed by atoms with Crippen LogP contribution < -0.4 is 21.6 Å². The van der Waals surface area contributed by atoms with Crippen LogP contribution in [0.3, 0.4) is 0 Å². The molecule has 0 radical (unpaired) electrons. The first-order chi connectivity index (χ1) is 18.0. The topological polar surface area (TPSA) is 175 Å². The van der Waals surface area contributed by atoms with Crippen molar-refractivity contribution in [2.45, 2.75) is 32.2 Å². The van der Waals surface area contributed by atoms with E-state index >= 15 is 0 Å². The van der Waals surface area contributed by atoms with E-state index in [0.29, 0.717) is 27.1 Å². The van der Waals surface area contributed by atoms with E-state index < -0.39 is 48.4 Å². The monoisotopic (exact) mass is 543 g/mol. The predicted molar refractivity (Wildman–Crippen MR) is 138 cm³/mol. The summed E-state index contributed by atoms with van der Waals surface area (Å²) in [5.74, 6) is -3.15. The molecule has 38 heavy (non-hydrogen) atoms. The second-order valence-corrected chi connectivity index (χ2v) is 8.95. The highest BCUT2D eigenvalue weighted by Crippen LogP contribution is 2.23. The predicted octanol–water partition coefficient (Wildman–Crippen LogP) is 1.44. The number of aliphatic carboxylic acids is 1. The summed E-state index contributed by atoms with van der Waals surface area (Å²) in [5, 5.41) is 26.5. The van der Waals surface area contributed by atoms with Gasteiger partial charge in [0.05, 0.1) is 6.54 Å². The summed E-state index contributed by atoms with van der Waals surface area (Å²) in [4.78, 5) is 60.5. The smallest absolute Gasteiger partial charge is 0.339 e. The van der Waals surface area contributed by atoms with Crippen molar-refractivity contribution in [3.63, 3.8) is 0 Å². The van der Waals surface area contributed by atoms with Crippen molar-refractivity contribution >= 4 is 46.3 Å². The number of carboxylic acid groups (broad SMARTS) is 1. The number of carboxylic acids is 1. The molecule has 1 atom stereocenters. The first-order valence-corrected chi connectivity index (χ1v) is 12.0. The van der Waals surface area contributed by atoms with Gasteiger partial charge in [0.1, 0.15) is 23.9 Å². The van der Waals surface area contributed by atoms with Crippen LogP contribution in [0, 0.1) is 6.92 Å². The van der Waals surface area contributed by atoms with Gasteiger partial charge in [-0.05, 0) is 48.7 Å². The minimum absolute atomic E-state index is 0.0449. The van der Waals surface area contributed by atoms with Crippen molar-refractivity contribution in [2.24, 2.45) is 0 Å². The van der Waals surface area contributed by atoms with Gasteiger partial charge in [0.25, 0.3) is 0 Å². The number of carbonyl (C=O) groups excluding carboxylic acids is 3. The van der Waals surface area contributed by atoms with Crippen LogP contribution in [0.4, 0.5) is 0 Å². The number of hydrogen-bond acceptors (Lipinski definition) is 7. The van der Waals surface area contributed by atoms with Gasteiger partial charge < -0.3 is 30.6 Å². The first-order valence-electron chi connectivity index (χ1n) is 11.6. The van der Waals surface area contributed by atoms with Crippen LogP contribution in [0.1, 0.15) is 23.1 Å². The molecule has 0 aliphatic rings. The maximum Gasteiger partial charge on any atom is 0.339 e. The Kier molecular flexibility index (Phi) is 9.44. The Morgan fingerprint density at radius 1 is 1.00 bits per heavy atom. The summed E-state index contributed by atoms with van der Waals surface area (Å²) >= 11 is 5.92. The highest BCUT2D eigenvalue weighted by molar-refractivity contribution is 6.30. The lowest BCUT2D eigenvalue weighted by atomic mass is 10.0. The summed E-state index contributed by atoms with van der Waals surface area (Å²) in [6, 6.07) is 10.0. The van der Waals surface area contributed by atoms with Gasteiger partial charge in [-0.15, -0.1) is 0 Å². The molecule has 1 aromatic heterocycles. The maximum atomic E-state index is 12.8. The Morgan fingerprint density at radius 3 is 2.39 bits per heavy atom. The molecule has 0 saturated carbocycles. The van der Waals surface area contributed by atoms with E-state index in [1.807, 2.05) is 0 Å². The molecular weight excluding hydrogens is 518 g/mol. The molecule has 0 bridgehead atoms. The van der Waals surface area contributed by atoms with Gasteiger partial charge in [0, 0.05) is 34.9 Å². The Balaban J connectivity index is 1.69. The number of benzene rings is 2. The number of amides is 3. The second kappa shape index (κ2) is 12.7. The summed E-state index contributed by atoms with van der Waals surface area (Å²) < 4.78 is 5.29. The fraction of sp³-hybridized carbons (Fsp3) is 0.269. The van der Waals surface area contributed by atoms with E-state index in [9.17, 15) is 29.1 Å². The highest BCUT2D eigenvalue weighted by Gasteiger charge is 2.23. The third-order valence-electron chi connectivity index (χ3n) is 5.74. The van der Waals surface area contributed by atoms with Crippen LogP contribution in [0.25, 0.3) is 11.0 Å². The highest BCUT2D eigenvalue weighted by atomic mass is 35.5. The van der Waals surface area contributed by atoms with Crippen LogP contribution in [-0.2, 0) is 32.0 Å². The Morgan fingerprint density at radius 2 is 1.71 bits per heavy atom. The molecule has 200 valence electrons. The molecular formula is C26H26ClN3O8. The first kappa shape index (κ1) is 28.2. The molecule has 5 N–H and O–H groups in total. The normalized spacial score (nSPS) is 11.5. The number of nitrogens with one attached hydrogen (secondary N) is 3. The van der Waals surface area contributed by atoms with Crippen molar-refractivity contribution in [3.05, 3.63) is 74.6 Å². The Bertz CT molecular complexity index is 1420. The van der Waals surface area contributed by atoms with Crippen molar-refractivity contribution in [2.75, 3.05) is 13.1 Å². The number of fused-ring (bicyclic) bond motifs is 1. The fourth-order valence-corrected chi connectivity index (χ4v) is 3.90. The van der Waals surface area contributed by atoms with Crippen molar-refractivity contribution in [1.82, 2.24) is 16.0 Å². The van der Waals surface area contributed by atoms with Crippen molar-refractivity contribution in [1.29, 1.82) is 0 Å². The average molecular weight is 544 g/mol. The molecule has 11 nitrogen and oxygen atoms in total. The zero-order valence-electron chi connectivity index (χ0n) is 20.4. The van der Waals surface area contributed by atoms with E-state index in [1.165, 1.54) is 12.1 Å². The minimum Gasteiger partial charge on any atom is -0.508 e. The molecule has 3 rings (SSSR count). The van der Waals surface area contributed by atoms with E-state index in [-0.39, 0.29) is 30.6 Å². The lowest BCUT2D eigenvalue weighted by molar-refractivity contribution is -0.138. The van der Waals surface area contributed by atoms with Gasteiger partial charge in [-0.3, -0.25) is 19.2 Å². The Hall–Kier alpha value is -4.38. The number of hydrogen-bond donors (Lipinski definition) is 5. The molecule has 12 heteroatoms. The van der Waals surface area contributed by atoms with Gasteiger partial charge in [0.15, 0.2) is 0 Å². The summed E-state index contributed by atoms with van der Waals surface area (Å²) in [6.45, 7) is 0.644. The van der Waals surface area contributed by atoms with Gasteiger partial charge >= 0.3 is 11.6 Å². The largest absolute Gasteiger partial charge is 0.508 e. The number of phenolic OH excluding ortho intramolecular Hbond substituents is 1. The molecule has 0 aliphatic carbocycles. The molecule has 3 aromatic rings. The number of aromatic hydroxyl groups is 1. The van der Waals surface area contributed by atoms with Gasteiger partial charge in [0.2, 0.25) is 17.7 Å². The van der Waals surface area contributed by atoms with Crippen LogP contribution in [0.2, 0.25) is 5.02 Å².